The van der Waals surface area contributed by atoms with Crippen molar-refractivity contribution in [2.24, 2.45) is 5.92 Å². The van der Waals surface area contributed by atoms with E-state index in [4.69, 9.17) is 9.53 Å². The summed E-state index contributed by atoms with van der Waals surface area (Å²) in [5, 5.41) is 8.85. The van der Waals surface area contributed by atoms with Crippen molar-refractivity contribution >= 4 is 20.1 Å². The Morgan fingerprint density at radius 1 is 1.29 bits per heavy atom. The molecule has 4 nitrogen and oxygen atoms in total. The molecule has 1 aliphatic rings. The molecule has 0 aliphatic heterocycles. The number of carbonyl (C=O) groups is 2. The molecule has 0 radical (unpaired) electrons. The lowest BCUT2D eigenvalue weighted by Gasteiger charge is -2.39. The molecule has 0 unspecified atom stereocenters. The molecule has 1 N–H and O–H groups in total. The molecule has 1 aliphatic carbocycles. The second kappa shape index (κ2) is 13.2. The van der Waals surface area contributed by atoms with Crippen LogP contribution in [0.1, 0.15) is 91.9 Å². The number of ketones is 1. The predicted molar refractivity (Wildman–Crippen MR) is 131 cm³/mol. The van der Waals surface area contributed by atoms with E-state index in [1.807, 2.05) is 6.08 Å². The van der Waals surface area contributed by atoms with Crippen LogP contribution in [-0.4, -0.2) is 31.3 Å². The standard InChI is InChI=1S/C26H44O4Si/c1-7-8-11-14-22(30-31(5,6)26(2,3)4)19-17-21-18-20-24(27)23(21)15-12-9-10-13-16-25(28)29/h9,13,18,22-23H,7-8,11-12,14-17,19-20H2,1-6H3,(H,28,29)/t10?,22-,23-/m1/s1. The van der Waals surface area contributed by atoms with Crippen LogP contribution in [0.25, 0.3) is 0 Å². The van der Waals surface area contributed by atoms with Gasteiger partial charge in [-0.15, -0.1) is 5.73 Å². The summed E-state index contributed by atoms with van der Waals surface area (Å²) in [5.41, 5.74) is 4.18. The van der Waals surface area contributed by atoms with Gasteiger partial charge in [-0.1, -0.05) is 58.6 Å². The molecule has 5 heteroatoms. The van der Waals surface area contributed by atoms with Gasteiger partial charge in [0.15, 0.2) is 8.32 Å². The van der Waals surface area contributed by atoms with Gasteiger partial charge in [-0.3, -0.25) is 9.59 Å². The number of unbranched alkanes of at least 4 members (excludes halogenated alkanes) is 2. The molecule has 0 aromatic rings. The summed E-state index contributed by atoms with van der Waals surface area (Å²) in [5.74, 6) is -0.544. The minimum Gasteiger partial charge on any atom is -0.481 e. The third kappa shape index (κ3) is 10.2. The average Bonchev–Trinajstić information content (AvgIpc) is 3.01. The topological polar surface area (TPSA) is 63.6 Å². The number of aliphatic carboxylic acids is 1. The number of hydrogen-bond acceptors (Lipinski definition) is 3. The lowest BCUT2D eigenvalue weighted by Crippen LogP contribution is -2.44. The van der Waals surface area contributed by atoms with Crippen LogP contribution < -0.4 is 0 Å². The van der Waals surface area contributed by atoms with Crippen LogP contribution in [0.2, 0.25) is 18.1 Å². The number of rotatable bonds is 14. The highest BCUT2D eigenvalue weighted by molar-refractivity contribution is 6.74. The SMILES string of the molecule is CCCCC[C@H](CCC1=CCC(=O)[C@@H]1CCC=C=CCC(=O)O)O[Si](C)(C)C(C)(C)C. The van der Waals surface area contributed by atoms with Gasteiger partial charge in [-0.25, -0.2) is 0 Å². The minimum atomic E-state index is -1.82. The third-order valence-corrected chi connectivity index (χ3v) is 11.2. The Morgan fingerprint density at radius 2 is 2.00 bits per heavy atom. The van der Waals surface area contributed by atoms with Gasteiger partial charge in [0.2, 0.25) is 0 Å². The van der Waals surface area contributed by atoms with Crippen LogP contribution in [0.4, 0.5) is 0 Å². The van der Waals surface area contributed by atoms with Crippen molar-refractivity contribution in [1.29, 1.82) is 0 Å². The molecular weight excluding hydrogens is 404 g/mol. The predicted octanol–water partition coefficient (Wildman–Crippen LogP) is 7.22. The number of Topliss-reactive ketones (excluding diaryl/α,β-unsaturated/α-hetero) is 1. The molecule has 0 saturated carbocycles. The van der Waals surface area contributed by atoms with E-state index in [2.05, 4.69) is 52.6 Å². The van der Waals surface area contributed by atoms with Gasteiger partial charge in [-0.2, -0.15) is 0 Å². The van der Waals surface area contributed by atoms with E-state index in [-0.39, 0.29) is 23.5 Å². The summed E-state index contributed by atoms with van der Waals surface area (Å²) in [6, 6.07) is 0. The molecule has 0 saturated heterocycles. The first-order chi connectivity index (χ1) is 14.5. The van der Waals surface area contributed by atoms with E-state index < -0.39 is 14.3 Å². The summed E-state index contributed by atoms with van der Waals surface area (Å²) in [6.45, 7) is 13.7. The van der Waals surface area contributed by atoms with E-state index in [0.29, 0.717) is 12.2 Å². The zero-order valence-corrected chi connectivity index (χ0v) is 21.6. The summed E-state index contributed by atoms with van der Waals surface area (Å²) >= 11 is 0. The molecule has 0 spiro atoms. The monoisotopic (exact) mass is 448 g/mol. The van der Waals surface area contributed by atoms with Crippen LogP contribution in [0, 0.1) is 5.92 Å². The summed E-state index contributed by atoms with van der Waals surface area (Å²) in [4.78, 5) is 22.9. The average molecular weight is 449 g/mol. The van der Waals surface area contributed by atoms with E-state index in [0.717, 1.165) is 32.1 Å². The van der Waals surface area contributed by atoms with E-state index in [9.17, 15) is 9.59 Å². The molecule has 31 heavy (non-hydrogen) atoms. The van der Waals surface area contributed by atoms with Gasteiger partial charge < -0.3 is 9.53 Å². The van der Waals surface area contributed by atoms with Crippen molar-refractivity contribution in [3.05, 3.63) is 29.5 Å². The van der Waals surface area contributed by atoms with Crippen molar-refractivity contribution in [2.45, 2.75) is 116 Å². The van der Waals surface area contributed by atoms with Crippen molar-refractivity contribution in [3.8, 4) is 0 Å². The van der Waals surface area contributed by atoms with Crippen molar-refractivity contribution in [3.63, 3.8) is 0 Å². The highest BCUT2D eigenvalue weighted by Crippen LogP contribution is 2.39. The molecule has 0 bridgehead atoms. The maximum Gasteiger partial charge on any atom is 0.307 e. The fourth-order valence-electron chi connectivity index (χ4n) is 3.71. The lowest BCUT2D eigenvalue weighted by atomic mass is 9.91. The molecule has 0 fully saturated rings. The van der Waals surface area contributed by atoms with Crippen LogP contribution in [0.3, 0.4) is 0 Å². The number of allylic oxidation sites excluding steroid dienone is 2. The smallest absolute Gasteiger partial charge is 0.307 e. The van der Waals surface area contributed by atoms with Crippen LogP contribution in [-0.2, 0) is 14.0 Å². The Kier molecular flexibility index (Phi) is 11.8. The highest BCUT2D eigenvalue weighted by atomic mass is 28.4. The van der Waals surface area contributed by atoms with Crippen LogP contribution >= 0.6 is 0 Å². The van der Waals surface area contributed by atoms with Gasteiger partial charge in [0.05, 0.1) is 6.42 Å². The summed E-state index contributed by atoms with van der Waals surface area (Å²) in [6.07, 6.45) is 14.5. The van der Waals surface area contributed by atoms with Gasteiger partial charge in [0.25, 0.3) is 0 Å². The maximum atomic E-state index is 12.4. The number of hydrogen-bond donors (Lipinski definition) is 1. The molecule has 176 valence electrons. The molecule has 1 rings (SSSR count). The number of carbonyl (C=O) groups excluding carboxylic acids is 1. The largest absolute Gasteiger partial charge is 0.481 e. The Labute approximate surface area is 191 Å². The first-order valence-electron chi connectivity index (χ1n) is 12.0. The Hall–Kier alpha value is -1.42. The van der Waals surface area contributed by atoms with E-state index in [1.165, 1.54) is 30.9 Å². The normalized spacial score (nSPS) is 17.8. The third-order valence-electron chi connectivity index (χ3n) is 6.67. The van der Waals surface area contributed by atoms with Crippen LogP contribution in [0.15, 0.2) is 29.5 Å². The second-order valence-corrected chi connectivity index (χ2v) is 15.0. The number of carboxylic acids is 1. The van der Waals surface area contributed by atoms with E-state index >= 15 is 0 Å². The van der Waals surface area contributed by atoms with Crippen molar-refractivity contribution in [2.75, 3.05) is 0 Å². The van der Waals surface area contributed by atoms with Gasteiger partial charge in [0.1, 0.15) is 5.78 Å². The molecule has 0 amide bonds. The van der Waals surface area contributed by atoms with Crippen molar-refractivity contribution in [1.82, 2.24) is 0 Å². The molecule has 0 aromatic heterocycles. The van der Waals surface area contributed by atoms with Gasteiger partial charge >= 0.3 is 5.97 Å². The quantitative estimate of drug-likeness (QED) is 0.132. The number of carboxylic acid groups (broad SMARTS) is 1. The molecular formula is C26H44O4Si. The minimum absolute atomic E-state index is 0.00156. The maximum absolute atomic E-state index is 12.4. The van der Waals surface area contributed by atoms with Gasteiger partial charge in [-0.05, 0) is 62.4 Å². The molecule has 0 heterocycles. The fourth-order valence-corrected chi connectivity index (χ4v) is 5.14. The Morgan fingerprint density at radius 3 is 2.61 bits per heavy atom. The fraction of sp³-hybridized carbons (Fsp3) is 0.731. The summed E-state index contributed by atoms with van der Waals surface area (Å²) < 4.78 is 6.77. The first-order valence-corrected chi connectivity index (χ1v) is 14.9. The van der Waals surface area contributed by atoms with Gasteiger partial charge in [0, 0.05) is 18.4 Å². The lowest BCUT2D eigenvalue weighted by molar-refractivity contribution is -0.136. The Balaban J connectivity index is 2.68. The zero-order chi connectivity index (χ0) is 23.5. The van der Waals surface area contributed by atoms with Crippen LogP contribution in [0.5, 0.6) is 0 Å². The Bertz CT molecular complexity index is 678. The second-order valence-electron chi connectivity index (χ2n) is 10.3. The zero-order valence-electron chi connectivity index (χ0n) is 20.6. The summed E-state index contributed by atoms with van der Waals surface area (Å²) in [7, 11) is -1.82. The van der Waals surface area contributed by atoms with E-state index in [1.54, 1.807) is 0 Å². The molecule has 0 aromatic carbocycles. The van der Waals surface area contributed by atoms with Crippen molar-refractivity contribution < 1.29 is 19.1 Å². The molecule has 2 atom stereocenters. The first kappa shape index (κ1) is 27.6. The highest BCUT2D eigenvalue weighted by Gasteiger charge is 2.39.